The van der Waals surface area contributed by atoms with Gasteiger partial charge in [-0.2, -0.15) is 0 Å². The zero-order valence-electron chi connectivity index (χ0n) is 17.7. The lowest BCUT2D eigenvalue weighted by molar-refractivity contribution is -0.118. The van der Waals surface area contributed by atoms with Crippen molar-refractivity contribution < 1.29 is 13.9 Å². The molecule has 1 aromatic heterocycles. The molecule has 33 heavy (non-hydrogen) atoms. The Kier molecular flexibility index (Phi) is 6.66. The fourth-order valence-electron chi connectivity index (χ4n) is 3.54. The van der Waals surface area contributed by atoms with Crippen LogP contribution in [0.4, 0.5) is 5.69 Å². The van der Waals surface area contributed by atoms with Crippen LogP contribution < -0.4 is 15.5 Å². The van der Waals surface area contributed by atoms with Crippen LogP contribution in [0.2, 0.25) is 15.1 Å². The molecule has 0 saturated carbocycles. The molecule has 4 aromatic rings. The topological polar surface area (TPSA) is 68.5 Å². The Labute approximate surface area is 204 Å². The van der Waals surface area contributed by atoms with Crippen LogP contribution >= 0.6 is 34.8 Å². The SMILES string of the molecule is Cc1cc(C)c2c(=O)c(OCC(=O)Nc3ccc(Cl)c(Cl)c3)c(-c3ccccc3Cl)oc2c1. The molecule has 0 aliphatic heterocycles. The molecule has 1 N–H and O–H groups in total. The molecule has 0 spiro atoms. The number of hydrogen-bond donors (Lipinski definition) is 1. The number of rotatable bonds is 5. The van der Waals surface area contributed by atoms with Crippen molar-refractivity contribution in [2.75, 3.05) is 11.9 Å². The molecule has 1 heterocycles. The standard InChI is InChI=1S/C25H18Cl3NO4/c1-13-9-14(2)22-20(10-13)33-24(16-5-3-4-6-17(16)26)25(23(22)31)32-12-21(30)29-15-7-8-18(27)19(28)11-15/h3-11H,12H2,1-2H3,(H,29,30). The molecule has 0 aliphatic rings. The number of fused-ring (bicyclic) bond motifs is 1. The van der Waals surface area contributed by atoms with Crippen molar-refractivity contribution in [3.05, 3.63) is 91.0 Å². The van der Waals surface area contributed by atoms with E-state index in [0.717, 1.165) is 11.1 Å². The monoisotopic (exact) mass is 501 g/mol. The van der Waals surface area contributed by atoms with Gasteiger partial charge in [0.2, 0.25) is 11.2 Å². The van der Waals surface area contributed by atoms with Crippen molar-refractivity contribution >= 4 is 57.4 Å². The lowest BCUT2D eigenvalue weighted by Gasteiger charge is -2.14. The fraction of sp³-hybridized carbons (Fsp3) is 0.120. The van der Waals surface area contributed by atoms with Crippen LogP contribution in [0.1, 0.15) is 11.1 Å². The van der Waals surface area contributed by atoms with E-state index < -0.39 is 12.5 Å². The number of amides is 1. The van der Waals surface area contributed by atoms with Crippen molar-refractivity contribution in [2.24, 2.45) is 0 Å². The fourth-order valence-corrected chi connectivity index (χ4v) is 4.06. The average Bonchev–Trinajstić information content (AvgIpc) is 2.75. The number of ether oxygens (including phenoxy) is 1. The van der Waals surface area contributed by atoms with Crippen LogP contribution in [0.3, 0.4) is 0 Å². The summed E-state index contributed by atoms with van der Waals surface area (Å²) >= 11 is 18.3. The minimum absolute atomic E-state index is 0.0909. The Morgan fingerprint density at radius 2 is 1.73 bits per heavy atom. The number of benzene rings is 3. The summed E-state index contributed by atoms with van der Waals surface area (Å²) in [4.78, 5) is 25.9. The third kappa shape index (κ3) is 4.86. The molecular formula is C25H18Cl3NO4. The van der Waals surface area contributed by atoms with Gasteiger partial charge in [-0.1, -0.05) is 53.0 Å². The van der Waals surface area contributed by atoms with Crippen molar-refractivity contribution in [3.63, 3.8) is 0 Å². The van der Waals surface area contributed by atoms with Gasteiger partial charge in [-0.15, -0.1) is 0 Å². The van der Waals surface area contributed by atoms with Crippen molar-refractivity contribution in [3.8, 4) is 17.1 Å². The first-order chi connectivity index (χ1) is 15.7. The highest BCUT2D eigenvalue weighted by molar-refractivity contribution is 6.42. The minimum Gasteiger partial charge on any atom is -0.476 e. The number of halogens is 3. The lowest BCUT2D eigenvalue weighted by Crippen LogP contribution is -2.22. The van der Waals surface area contributed by atoms with E-state index in [1.807, 2.05) is 19.9 Å². The van der Waals surface area contributed by atoms with Gasteiger partial charge in [0.1, 0.15) is 5.58 Å². The van der Waals surface area contributed by atoms with Gasteiger partial charge in [-0.3, -0.25) is 9.59 Å². The van der Waals surface area contributed by atoms with E-state index in [1.54, 1.807) is 42.5 Å². The van der Waals surface area contributed by atoms with E-state index in [-0.39, 0.29) is 16.9 Å². The summed E-state index contributed by atoms with van der Waals surface area (Å²) in [5.74, 6) is -0.420. The molecule has 4 rings (SSSR count). The van der Waals surface area contributed by atoms with Crippen LogP contribution in [0, 0.1) is 13.8 Å². The van der Waals surface area contributed by atoms with Gasteiger partial charge in [0, 0.05) is 11.3 Å². The van der Waals surface area contributed by atoms with Crippen LogP contribution in [0.5, 0.6) is 5.75 Å². The summed E-state index contributed by atoms with van der Waals surface area (Å²) in [6.45, 7) is 3.31. The Hall–Kier alpha value is -2.99. The first-order valence-corrected chi connectivity index (χ1v) is 11.1. The maximum absolute atomic E-state index is 13.4. The van der Waals surface area contributed by atoms with E-state index >= 15 is 0 Å². The highest BCUT2D eigenvalue weighted by atomic mass is 35.5. The third-order valence-corrected chi connectivity index (χ3v) is 6.03. The van der Waals surface area contributed by atoms with E-state index in [1.165, 1.54) is 6.07 Å². The number of aryl methyl sites for hydroxylation is 2. The van der Waals surface area contributed by atoms with Crippen LogP contribution in [-0.2, 0) is 4.79 Å². The summed E-state index contributed by atoms with van der Waals surface area (Å²) in [5.41, 5.74) is 2.65. The number of nitrogens with one attached hydrogen (secondary N) is 1. The van der Waals surface area contributed by atoms with Crippen LogP contribution in [0.15, 0.2) is 63.8 Å². The van der Waals surface area contributed by atoms with Gasteiger partial charge >= 0.3 is 0 Å². The Balaban J connectivity index is 1.73. The van der Waals surface area contributed by atoms with Crippen molar-refractivity contribution in [2.45, 2.75) is 13.8 Å². The molecule has 0 aliphatic carbocycles. The quantitative estimate of drug-likeness (QED) is 0.317. The first kappa shape index (κ1) is 23.2. The van der Waals surface area contributed by atoms with E-state index in [2.05, 4.69) is 5.32 Å². The predicted octanol–water partition coefficient (Wildman–Crippen LogP) is 7.05. The van der Waals surface area contributed by atoms with Gasteiger partial charge in [-0.25, -0.2) is 0 Å². The summed E-state index contributed by atoms with van der Waals surface area (Å²) in [7, 11) is 0. The Bertz CT molecular complexity index is 1450. The number of hydrogen-bond acceptors (Lipinski definition) is 4. The van der Waals surface area contributed by atoms with Crippen LogP contribution in [-0.4, -0.2) is 12.5 Å². The molecule has 8 heteroatoms. The molecule has 0 fully saturated rings. The summed E-state index contributed by atoms with van der Waals surface area (Å²) < 4.78 is 11.8. The predicted molar refractivity (Wildman–Crippen MR) is 133 cm³/mol. The molecule has 0 unspecified atom stereocenters. The number of carbonyl (C=O) groups excluding carboxylic acids is 1. The van der Waals surface area contributed by atoms with Gasteiger partial charge in [0.15, 0.2) is 12.4 Å². The second kappa shape index (κ2) is 9.48. The van der Waals surface area contributed by atoms with E-state index in [4.69, 9.17) is 44.0 Å². The molecule has 0 bridgehead atoms. The van der Waals surface area contributed by atoms with Crippen molar-refractivity contribution in [1.82, 2.24) is 0 Å². The minimum atomic E-state index is -0.487. The summed E-state index contributed by atoms with van der Waals surface area (Å²) in [6.07, 6.45) is 0. The molecule has 5 nitrogen and oxygen atoms in total. The number of carbonyl (C=O) groups is 1. The zero-order chi connectivity index (χ0) is 23.7. The first-order valence-electron chi connectivity index (χ1n) is 9.95. The maximum atomic E-state index is 13.4. The van der Waals surface area contributed by atoms with E-state index in [0.29, 0.717) is 37.3 Å². The van der Waals surface area contributed by atoms with Crippen LogP contribution in [0.25, 0.3) is 22.3 Å². The molecule has 0 radical (unpaired) electrons. The largest absolute Gasteiger partial charge is 0.476 e. The summed E-state index contributed by atoms with van der Waals surface area (Å²) in [5, 5.41) is 4.10. The molecular weight excluding hydrogens is 485 g/mol. The summed E-state index contributed by atoms with van der Waals surface area (Å²) in [6, 6.07) is 15.3. The highest BCUT2D eigenvalue weighted by Crippen LogP contribution is 2.36. The molecule has 0 atom stereocenters. The molecule has 0 saturated heterocycles. The third-order valence-electron chi connectivity index (χ3n) is 4.96. The zero-order valence-corrected chi connectivity index (χ0v) is 19.9. The second-order valence-corrected chi connectivity index (χ2v) is 8.71. The molecule has 3 aromatic carbocycles. The van der Waals surface area contributed by atoms with E-state index in [9.17, 15) is 9.59 Å². The Morgan fingerprint density at radius 3 is 2.45 bits per heavy atom. The van der Waals surface area contributed by atoms with Gasteiger partial charge in [0.25, 0.3) is 5.91 Å². The second-order valence-electron chi connectivity index (χ2n) is 7.49. The van der Waals surface area contributed by atoms with Crippen molar-refractivity contribution in [1.29, 1.82) is 0 Å². The molecule has 168 valence electrons. The van der Waals surface area contributed by atoms with Gasteiger partial charge in [-0.05, 0) is 61.4 Å². The molecule has 1 amide bonds. The lowest BCUT2D eigenvalue weighted by atomic mass is 10.0. The maximum Gasteiger partial charge on any atom is 0.262 e. The smallest absolute Gasteiger partial charge is 0.262 e. The normalized spacial score (nSPS) is 10.9. The highest BCUT2D eigenvalue weighted by Gasteiger charge is 2.21. The van der Waals surface area contributed by atoms with Gasteiger partial charge < -0.3 is 14.5 Å². The average molecular weight is 503 g/mol. The number of anilines is 1. The Morgan fingerprint density at radius 1 is 0.970 bits per heavy atom. The van der Waals surface area contributed by atoms with Gasteiger partial charge in [0.05, 0.1) is 20.5 Å².